The van der Waals surface area contributed by atoms with Crippen LogP contribution in [0.15, 0.2) is 33.8 Å². The number of halogens is 2. The average Bonchev–Trinajstić information content (AvgIpc) is 3.30. The lowest BCUT2D eigenvalue weighted by molar-refractivity contribution is -0.385. The van der Waals surface area contributed by atoms with E-state index >= 15 is 0 Å². The molecular weight excluding hydrogens is 564 g/mol. The number of amides is 2. The number of unbranched alkanes of at least 4 members (excludes halogenated alkanes) is 1. The lowest BCUT2D eigenvalue weighted by Crippen LogP contribution is -2.43. The molecule has 1 atom stereocenters. The van der Waals surface area contributed by atoms with Gasteiger partial charge < -0.3 is 15.4 Å². The molecule has 1 heterocycles. The highest BCUT2D eigenvalue weighted by Gasteiger charge is 2.23. The zero-order valence-electron chi connectivity index (χ0n) is 18.8. The van der Waals surface area contributed by atoms with Gasteiger partial charge in [0.05, 0.1) is 36.7 Å². The Hall–Kier alpha value is -2.64. The lowest BCUT2D eigenvalue weighted by Gasteiger charge is -2.18. The minimum Gasteiger partial charge on any atom is -0.492 e. The van der Waals surface area contributed by atoms with Crippen LogP contribution in [0.4, 0.5) is 16.3 Å². The van der Waals surface area contributed by atoms with Gasteiger partial charge in [-0.2, -0.15) is 4.98 Å². The van der Waals surface area contributed by atoms with E-state index in [1.807, 2.05) is 0 Å². The molecule has 2 aromatic rings. The van der Waals surface area contributed by atoms with E-state index in [1.165, 1.54) is 18.2 Å². The van der Waals surface area contributed by atoms with Crippen molar-refractivity contribution < 1.29 is 18.7 Å². The van der Waals surface area contributed by atoms with E-state index in [1.54, 1.807) is 6.20 Å². The second-order valence-corrected chi connectivity index (χ2v) is 11.1. The third-order valence-corrected chi connectivity index (χ3v) is 7.60. The highest BCUT2D eigenvalue weighted by molar-refractivity contribution is 9.10. The van der Waals surface area contributed by atoms with Crippen LogP contribution in [0.25, 0.3) is 0 Å². The fourth-order valence-electron chi connectivity index (χ4n) is 3.57. The van der Waals surface area contributed by atoms with Gasteiger partial charge in [-0.05, 0) is 65.2 Å². The Labute approximate surface area is 216 Å². The number of aromatic nitrogens is 2. The molecule has 0 aliphatic heterocycles. The number of rotatable bonds is 11. The third-order valence-electron chi connectivity index (χ3n) is 5.28. The van der Waals surface area contributed by atoms with Crippen LogP contribution in [0.1, 0.15) is 38.5 Å². The Morgan fingerprint density at radius 2 is 2.09 bits per heavy atom. The molecule has 190 valence electrons. The van der Waals surface area contributed by atoms with E-state index in [9.17, 15) is 19.1 Å². The van der Waals surface area contributed by atoms with Gasteiger partial charge in [-0.15, -0.1) is 0 Å². The van der Waals surface area contributed by atoms with Gasteiger partial charge >= 0.3 is 6.03 Å². The van der Waals surface area contributed by atoms with Crippen LogP contribution in [0.2, 0.25) is 5.28 Å². The maximum Gasteiger partial charge on any atom is 0.326 e. The Balaban J connectivity index is 1.59. The molecule has 1 aromatic carbocycles. The number of carbonyl (C=O) groups excluding carboxylic acids is 1. The second kappa shape index (κ2) is 12.4. The fourth-order valence-corrected chi connectivity index (χ4v) is 5.23. The van der Waals surface area contributed by atoms with E-state index in [0.29, 0.717) is 29.7 Å². The molecule has 1 fully saturated rings. The lowest BCUT2D eigenvalue weighted by atomic mass is 10.3. The van der Waals surface area contributed by atoms with Crippen molar-refractivity contribution >= 4 is 60.6 Å². The molecule has 11 nitrogen and oxygen atoms in total. The predicted octanol–water partition coefficient (Wildman–Crippen LogP) is 4.30. The van der Waals surface area contributed by atoms with Gasteiger partial charge in [0.25, 0.3) is 5.69 Å². The zero-order chi connectivity index (χ0) is 25.4. The Morgan fingerprint density at radius 3 is 2.80 bits per heavy atom. The van der Waals surface area contributed by atoms with Crippen molar-refractivity contribution in [3.05, 3.63) is 44.3 Å². The van der Waals surface area contributed by atoms with Crippen LogP contribution in [0.3, 0.4) is 0 Å². The topological polar surface area (TPSA) is 148 Å². The summed E-state index contributed by atoms with van der Waals surface area (Å²) < 4.78 is 22.1. The number of ether oxygens (including phenoxy) is 1. The summed E-state index contributed by atoms with van der Waals surface area (Å²) in [6.45, 7) is 0.761. The van der Waals surface area contributed by atoms with Gasteiger partial charge in [0.15, 0.2) is 0 Å². The minimum atomic E-state index is -3.32. The van der Waals surface area contributed by atoms with Crippen molar-refractivity contribution in [3.63, 3.8) is 0 Å². The molecule has 1 aromatic heterocycles. The molecule has 1 saturated carbocycles. The normalized spacial score (nSPS) is 15.3. The van der Waals surface area contributed by atoms with Gasteiger partial charge in [-0.3, -0.25) is 14.8 Å². The van der Waals surface area contributed by atoms with Gasteiger partial charge in [-0.1, -0.05) is 12.8 Å². The van der Waals surface area contributed by atoms with Crippen molar-refractivity contribution in [1.29, 1.82) is 0 Å². The third kappa shape index (κ3) is 7.94. The SMILES string of the molecule is C=S(=O)(NC(=O)NC1CCCC1)c1ccc([N+](=O)[O-])cc1OCCCCNc1nc(Cl)ncc1Br. The summed E-state index contributed by atoms with van der Waals surface area (Å²) in [6, 6.07) is 3.14. The molecule has 3 rings (SSSR count). The van der Waals surface area contributed by atoms with E-state index in [2.05, 4.69) is 47.1 Å². The largest absolute Gasteiger partial charge is 0.492 e. The maximum absolute atomic E-state index is 13.3. The molecule has 0 bridgehead atoms. The van der Waals surface area contributed by atoms with Crippen molar-refractivity contribution in [3.8, 4) is 5.75 Å². The van der Waals surface area contributed by atoms with Gasteiger partial charge in [0.2, 0.25) is 5.28 Å². The molecule has 0 spiro atoms. The van der Waals surface area contributed by atoms with Crippen LogP contribution in [-0.2, 0) is 9.71 Å². The molecule has 0 radical (unpaired) electrons. The molecule has 0 saturated heterocycles. The first kappa shape index (κ1) is 27.0. The number of urea groups is 1. The number of benzene rings is 1. The summed E-state index contributed by atoms with van der Waals surface area (Å²) in [6.07, 6.45) is 6.61. The van der Waals surface area contributed by atoms with Crippen molar-refractivity contribution in [2.75, 3.05) is 18.5 Å². The summed E-state index contributed by atoms with van der Waals surface area (Å²) >= 11 is 9.13. The van der Waals surface area contributed by atoms with E-state index < -0.39 is 20.7 Å². The molecule has 35 heavy (non-hydrogen) atoms. The highest BCUT2D eigenvalue weighted by Crippen LogP contribution is 2.29. The smallest absolute Gasteiger partial charge is 0.326 e. The van der Waals surface area contributed by atoms with Crippen molar-refractivity contribution in [2.45, 2.75) is 49.5 Å². The molecule has 1 unspecified atom stereocenters. The molecule has 1 aliphatic rings. The van der Waals surface area contributed by atoms with Crippen molar-refractivity contribution in [2.24, 2.45) is 0 Å². The number of nitro groups is 1. The first-order valence-electron chi connectivity index (χ1n) is 10.9. The zero-order valence-corrected chi connectivity index (χ0v) is 22.0. The van der Waals surface area contributed by atoms with Gasteiger partial charge in [0.1, 0.15) is 11.6 Å². The quantitative estimate of drug-likeness (QED) is 0.115. The Kier molecular flexibility index (Phi) is 9.52. The van der Waals surface area contributed by atoms with Gasteiger partial charge in [-0.25, -0.2) is 14.0 Å². The molecular formula is C21H26BrClN6O5S. The van der Waals surface area contributed by atoms with Crippen LogP contribution in [0, 0.1) is 10.1 Å². The van der Waals surface area contributed by atoms with Crippen LogP contribution >= 0.6 is 27.5 Å². The van der Waals surface area contributed by atoms with Crippen molar-refractivity contribution in [1.82, 2.24) is 20.0 Å². The number of nitro benzene ring substituents is 1. The summed E-state index contributed by atoms with van der Waals surface area (Å²) in [5, 5.41) is 17.3. The van der Waals surface area contributed by atoms with Crippen LogP contribution in [0.5, 0.6) is 5.75 Å². The average molecular weight is 590 g/mol. The first-order valence-corrected chi connectivity index (χ1v) is 13.8. The molecule has 3 N–H and O–H groups in total. The summed E-state index contributed by atoms with van der Waals surface area (Å²) in [7, 11) is -3.32. The first-order chi connectivity index (χ1) is 16.7. The molecule has 2 amide bonds. The minimum absolute atomic E-state index is 0.0328. The fraction of sp³-hybridized carbons (Fsp3) is 0.429. The number of nitrogens with zero attached hydrogens (tertiary/aromatic N) is 3. The highest BCUT2D eigenvalue weighted by atomic mass is 79.9. The number of carbonyl (C=O) groups is 1. The van der Waals surface area contributed by atoms with E-state index in [0.717, 1.165) is 25.7 Å². The molecule has 1 aliphatic carbocycles. The van der Waals surface area contributed by atoms with Gasteiger partial charge in [0, 0.05) is 24.8 Å². The Morgan fingerprint density at radius 1 is 1.34 bits per heavy atom. The summed E-state index contributed by atoms with van der Waals surface area (Å²) in [5.41, 5.74) is -0.221. The van der Waals surface area contributed by atoms with Crippen LogP contribution < -0.4 is 20.1 Å². The number of hydrogen-bond acceptors (Lipinski definition) is 8. The summed E-state index contributed by atoms with van der Waals surface area (Å²) in [5.74, 6) is 4.27. The standard InChI is InChI=1S/C21H26BrClN6O5S/c1-35(33,28-21(30)26-14-6-2-3-7-14)18-9-8-15(29(31)32)12-17(18)34-11-5-4-10-24-19-16(22)13-25-20(23)27-19/h8-9,12-14H,1-7,10-11H2,(H,24,25,27)(H2,26,28,30,33). The Bertz CT molecular complexity index is 1180. The maximum atomic E-state index is 13.3. The summed E-state index contributed by atoms with van der Waals surface area (Å²) in [4.78, 5) is 31.0. The second-order valence-electron chi connectivity index (χ2n) is 7.94. The number of hydrogen-bond donors (Lipinski definition) is 3. The molecule has 14 heteroatoms. The number of nitrogens with one attached hydrogen (secondary N) is 3. The van der Waals surface area contributed by atoms with E-state index in [-0.39, 0.29) is 34.3 Å². The predicted molar refractivity (Wildman–Crippen MR) is 139 cm³/mol. The number of anilines is 1. The van der Waals surface area contributed by atoms with Crippen LogP contribution in [-0.4, -0.2) is 50.2 Å². The monoisotopic (exact) mass is 588 g/mol. The van der Waals surface area contributed by atoms with E-state index in [4.69, 9.17) is 16.3 Å². The number of non-ortho nitro benzene ring substituents is 1.